The lowest BCUT2D eigenvalue weighted by Crippen LogP contribution is -2.42. The van der Waals surface area contributed by atoms with E-state index in [1.165, 1.54) is 16.8 Å². The fraction of sp³-hybridized carbons (Fsp3) is 0.421. The molecule has 2 aromatic rings. The third-order valence-electron chi connectivity index (χ3n) is 4.62. The highest BCUT2D eigenvalue weighted by molar-refractivity contribution is 5.95. The Bertz CT molecular complexity index is 811. The zero-order valence-electron chi connectivity index (χ0n) is 15.2. The molecule has 1 saturated heterocycles. The molecule has 7 nitrogen and oxygen atoms in total. The lowest BCUT2D eigenvalue weighted by molar-refractivity contribution is -0.123. The van der Waals surface area contributed by atoms with Crippen LogP contribution in [0.25, 0.3) is 5.69 Å². The van der Waals surface area contributed by atoms with Crippen molar-refractivity contribution in [2.24, 2.45) is 11.7 Å². The zero-order valence-corrected chi connectivity index (χ0v) is 15.2. The van der Waals surface area contributed by atoms with Crippen LogP contribution >= 0.6 is 0 Å². The molecule has 2 heterocycles. The van der Waals surface area contributed by atoms with Crippen molar-refractivity contribution < 1.29 is 18.7 Å². The molecule has 8 heteroatoms. The lowest BCUT2D eigenvalue weighted by Gasteiger charge is -2.30. The Morgan fingerprint density at radius 2 is 1.93 bits per heavy atom. The van der Waals surface area contributed by atoms with Gasteiger partial charge in [-0.15, -0.1) is 0 Å². The van der Waals surface area contributed by atoms with Crippen LogP contribution in [0.2, 0.25) is 0 Å². The molecule has 3 rings (SSSR count). The fourth-order valence-corrected chi connectivity index (χ4v) is 3.07. The number of piperidine rings is 1. The van der Waals surface area contributed by atoms with E-state index in [-0.39, 0.29) is 29.2 Å². The first kappa shape index (κ1) is 18.9. The van der Waals surface area contributed by atoms with Gasteiger partial charge in [0.15, 0.2) is 11.4 Å². The van der Waals surface area contributed by atoms with Crippen molar-refractivity contribution in [3.63, 3.8) is 0 Å². The summed E-state index contributed by atoms with van der Waals surface area (Å²) in [5.74, 6) is -0.716. The maximum absolute atomic E-state index is 13.2. The molecule has 144 valence electrons. The van der Waals surface area contributed by atoms with E-state index in [9.17, 15) is 14.0 Å². The van der Waals surface area contributed by atoms with Gasteiger partial charge in [0.1, 0.15) is 5.82 Å². The van der Waals surface area contributed by atoms with Crippen molar-refractivity contribution in [1.82, 2.24) is 14.7 Å². The molecule has 0 saturated carbocycles. The number of nitrogens with two attached hydrogens (primary N) is 1. The first-order chi connectivity index (χ1) is 13.0. The molecular formula is C19H23FN4O3. The number of likely N-dealkylation sites (tertiary alicyclic amines) is 1. The highest BCUT2D eigenvalue weighted by Crippen LogP contribution is 2.25. The van der Waals surface area contributed by atoms with Crippen LogP contribution in [0.5, 0.6) is 5.75 Å². The van der Waals surface area contributed by atoms with Gasteiger partial charge in [-0.1, -0.05) is 6.92 Å². The second-order valence-electron chi connectivity index (χ2n) is 6.58. The SMILES string of the molecule is CCCOc1cn(-c2ccc(F)cc2)nc1C(=O)N1CCC(C(N)=O)CC1. The molecule has 1 aliphatic rings. The van der Waals surface area contributed by atoms with Gasteiger partial charge in [0, 0.05) is 19.0 Å². The van der Waals surface area contributed by atoms with Crippen molar-refractivity contribution in [1.29, 1.82) is 0 Å². The second-order valence-corrected chi connectivity index (χ2v) is 6.58. The maximum Gasteiger partial charge on any atom is 0.278 e. The van der Waals surface area contributed by atoms with Crippen LogP contribution in [0.15, 0.2) is 30.5 Å². The van der Waals surface area contributed by atoms with Gasteiger partial charge in [-0.2, -0.15) is 5.10 Å². The third kappa shape index (κ3) is 4.27. The summed E-state index contributed by atoms with van der Waals surface area (Å²) in [4.78, 5) is 25.9. The Kier molecular flexibility index (Phi) is 5.73. The van der Waals surface area contributed by atoms with Gasteiger partial charge in [0.2, 0.25) is 5.91 Å². The summed E-state index contributed by atoms with van der Waals surface area (Å²) in [6.45, 7) is 3.33. The normalized spacial score (nSPS) is 15.0. The number of primary amides is 1. The van der Waals surface area contributed by atoms with Crippen LogP contribution < -0.4 is 10.5 Å². The largest absolute Gasteiger partial charge is 0.489 e. The number of carbonyl (C=O) groups is 2. The summed E-state index contributed by atoms with van der Waals surface area (Å²) in [5.41, 5.74) is 6.19. The van der Waals surface area contributed by atoms with E-state index >= 15 is 0 Å². The highest BCUT2D eigenvalue weighted by Gasteiger charge is 2.29. The Morgan fingerprint density at radius 1 is 1.26 bits per heavy atom. The van der Waals surface area contributed by atoms with Crippen LogP contribution in [-0.4, -0.2) is 46.2 Å². The molecule has 1 aromatic carbocycles. The van der Waals surface area contributed by atoms with Gasteiger partial charge in [-0.3, -0.25) is 9.59 Å². The van der Waals surface area contributed by atoms with Gasteiger partial charge in [0.25, 0.3) is 5.91 Å². The first-order valence-electron chi connectivity index (χ1n) is 9.06. The molecular weight excluding hydrogens is 351 g/mol. The summed E-state index contributed by atoms with van der Waals surface area (Å²) in [5, 5.41) is 4.38. The molecule has 2 N–H and O–H groups in total. The monoisotopic (exact) mass is 374 g/mol. The van der Waals surface area contributed by atoms with Crippen LogP contribution in [0.1, 0.15) is 36.7 Å². The van der Waals surface area contributed by atoms with Gasteiger partial charge in [-0.25, -0.2) is 9.07 Å². The number of hydrogen-bond acceptors (Lipinski definition) is 4. The second kappa shape index (κ2) is 8.20. The van der Waals surface area contributed by atoms with Gasteiger partial charge in [-0.05, 0) is 43.5 Å². The standard InChI is InChI=1S/C19H23FN4O3/c1-2-11-27-16-12-24(15-5-3-14(20)4-6-15)22-17(16)19(26)23-9-7-13(8-10-23)18(21)25/h3-6,12-13H,2,7-11H2,1H3,(H2,21,25). The van der Waals surface area contributed by atoms with E-state index < -0.39 is 0 Å². The number of ether oxygens (including phenoxy) is 1. The molecule has 1 fully saturated rings. The Labute approximate surface area is 156 Å². The fourth-order valence-electron chi connectivity index (χ4n) is 3.07. The number of halogens is 1. The number of carbonyl (C=O) groups excluding carboxylic acids is 2. The number of amides is 2. The molecule has 2 amide bonds. The van der Waals surface area contributed by atoms with Crippen molar-refractivity contribution in [2.45, 2.75) is 26.2 Å². The quantitative estimate of drug-likeness (QED) is 0.839. The summed E-state index contributed by atoms with van der Waals surface area (Å²) < 4.78 is 20.4. The number of benzene rings is 1. The molecule has 0 bridgehead atoms. The predicted molar refractivity (Wildman–Crippen MR) is 97.1 cm³/mol. The Morgan fingerprint density at radius 3 is 2.52 bits per heavy atom. The molecule has 0 spiro atoms. The highest BCUT2D eigenvalue weighted by atomic mass is 19.1. The first-order valence-corrected chi connectivity index (χ1v) is 9.06. The van der Waals surface area contributed by atoms with E-state index in [4.69, 9.17) is 10.5 Å². The number of nitrogens with zero attached hydrogens (tertiary/aromatic N) is 3. The third-order valence-corrected chi connectivity index (χ3v) is 4.62. The van der Waals surface area contributed by atoms with Crippen LogP contribution in [0.4, 0.5) is 4.39 Å². The minimum Gasteiger partial charge on any atom is -0.489 e. The molecule has 1 aliphatic heterocycles. The zero-order chi connectivity index (χ0) is 19.4. The predicted octanol–water partition coefficient (Wildman–Crippen LogP) is 2.14. The number of rotatable bonds is 6. The molecule has 1 aromatic heterocycles. The average molecular weight is 374 g/mol. The van der Waals surface area contributed by atoms with E-state index in [2.05, 4.69) is 5.10 Å². The van der Waals surface area contributed by atoms with Gasteiger partial charge in [0.05, 0.1) is 18.5 Å². The number of aromatic nitrogens is 2. The minimum absolute atomic E-state index is 0.193. The van der Waals surface area contributed by atoms with Crippen molar-refractivity contribution in [3.05, 3.63) is 42.0 Å². The average Bonchev–Trinajstić information content (AvgIpc) is 3.10. The summed E-state index contributed by atoms with van der Waals surface area (Å²) >= 11 is 0. The van der Waals surface area contributed by atoms with E-state index in [1.807, 2.05) is 6.92 Å². The smallest absolute Gasteiger partial charge is 0.278 e. The molecule has 0 radical (unpaired) electrons. The Balaban J connectivity index is 1.83. The number of hydrogen-bond donors (Lipinski definition) is 1. The van der Waals surface area contributed by atoms with E-state index in [1.54, 1.807) is 23.2 Å². The van der Waals surface area contributed by atoms with Crippen molar-refractivity contribution in [3.8, 4) is 11.4 Å². The van der Waals surface area contributed by atoms with Crippen LogP contribution in [0, 0.1) is 11.7 Å². The van der Waals surface area contributed by atoms with E-state index in [0.29, 0.717) is 44.0 Å². The van der Waals surface area contributed by atoms with E-state index in [0.717, 1.165) is 6.42 Å². The summed E-state index contributed by atoms with van der Waals surface area (Å²) in [7, 11) is 0. The topological polar surface area (TPSA) is 90.5 Å². The summed E-state index contributed by atoms with van der Waals surface area (Å²) in [6.07, 6.45) is 3.52. The van der Waals surface area contributed by atoms with Crippen LogP contribution in [0.3, 0.4) is 0 Å². The Hall–Kier alpha value is -2.90. The molecule has 27 heavy (non-hydrogen) atoms. The maximum atomic E-state index is 13.2. The van der Waals surface area contributed by atoms with Crippen molar-refractivity contribution >= 4 is 11.8 Å². The molecule has 0 unspecified atom stereocenters. The lowest BCUT2D eigenvalue weighted by atomic mass is 9.96. The van der Waals surface area contributed by atoms with Gasteiger partial charge < -0.3 is 15.4 Å². The molecule has 0 aliphatic carbocycles. The summed E-state index contributed by atoms with van der Waals surface area (Å²) in [6, 6.07) is 5.83. The van der Waals surface area contributed by atoms with Crippen LogP contribution in [-0.2, 0) is 4.79 Å². The van der Waals surface area contributed by atoms with Crippen molar-refractivity contribution in [2.75, 3.05) is 19.7 Å². The minimum atomic E-state index is -0.345. The van der Waals surface area contributed by atoms with Gasteiger partial charge >= 0.3 is 0 Å². The molecule has 0 atom stereocenters.